The van der Waals surface area contributed by atoms with E-state index in [-0.39, 0.29) is 5.91 Å². The molecule has 2 aliphatic carbocycles. The second kappa shape index (κ2) is 4.45. The van der Waals surface area contributed by atoms with Crippen molar-refractivity contribution in [3.63, 3.8) is 0 Å². The summed E-state index contributed by atoms with van der Waals surface area (Å²) in [7, 11) is 0. The van der Waals surface area contributed by atoms with E-state index in [2.05, 4.69) is 18.3 Å². The van der Waals surface area contributed by atoms with Gasteiger partial charge in [-0.25, -0.2) is 0 Å². The van der Waals surface area contributed by atoms with E-state index in [0.29, 0.717) is 6.04 Å². The minimum absolute atomic E-state index is 0.0131. The Balaban J connectivity index is 1.86. The summed E-state index contributed by atoms with van der Waals surface area (Å²) in [5, 5.41) is 12.1. The summed E-state index contributed by atoms with van der Waals surface area (Å²) in [6, 6.07) is 2.52. The Morgan fingerprint density at radius 2 is 1.94 bits per heavy atom. The Morgan fingerprint density at radius 3 is 2.38 bits per heavy atom. The molecule has 0 aromatic rings. The van der Waals surface area contributed by atoms with Crippen LogP contribution in [-0.4, -0.2) is 11.9 Å². The Kier molecular flexibility index (Phi) is 3.18. The second-order valence-corrected chi connectivity index (χ2v) is 5.48. The number of hydrogen-bond donors (Lipinski definition) is 1. The zero-order valence-corrected chi connectivity index (χ0v) is 9.96. The summed E-state index contributed by atoms with van der Waals surface area (Å²) in [6.07, 6.45) is 7.07. The fraction of sp³-hybridized carbons (Fsp3) is 0.846. The topological polar surface area (TPSA) is 52.9 Å². The van der Waals surface area contributed by atoms with Gasteiger partial charge in [0.25, 0.3) is 0 Å². The van der Waals surface area contributed by atoms with Crippen LogP contribution in [0.5, 0.6) is 0 Å². The van der Waals surface area contributed by atoms with Gasteiger partial charge >= 0.3 is 0 Å². The van der Waals surface area contributed by atoms with Crippen LogP contribution in [0.2, 0.25) is 0 Å². The fourth-order valence-corrected chi connectivity index (χ4v) is 2.65. The van der Waals surface area contributed by atoms with E-state index < -0.39 is 5.41 Å². The second-order valence-electron chi connectivity index (χ2n) is 5.48. The Morgan fingerprint density at radius 1 is 1.31 bits per heavy atom. The van der Waals surface area contributed by atoms with Gasteiger partial charge in [-0.1, -0.05) is 6.92 Å². The number of nitrogens with one attached hydrogen (secondary N) is 1. The molecule has 0 aliphatic heterocycles. The minimum atomic E-state index is -0.678. The molecule has 88 valence electrons. The highest BCUT2D eigenvalue weighted by atomic mass is 16.2. The lowest BCUT2D eigenvalue weighted by Gasteiger charge is -2.36. The van der Waals surface area contributed by atoms with Crippen LogP contribution in [0.25, 0.3) is 0 Å². The maximum absolute atomic E-state index is 12.0. The van der Waals surface area contributed by atoms with Crippen molar-refractivity contribution in [1.29, 1.82) is 5.26 Å². The van der Waals surface area contributed by atoms with Gasteiger partial charge in [0, 0.05) is 6.04 Å². The maximum atomic E-state index is 12.0. The van der Waals surface area contributed by atoms with Crippen molar-refractivity contribution < 1.29 is 4.79 Å². The third kappa shape index (κ3) is 2.07. The highest BCUT2D eigenvalue weighted by Gasteiger charge is 2.45. The first kappa shape index (κ1) is 11.4. The molecule has 0 atom stereocenters. The van der Waals surface area contributed by atoms with Crippen LogP contribution in [0.3, 0.4) is 0 Å². The molecule has 3 heteroatoms. The van der Waals surface area contributed by atoms with E-state index in [4.69, 9.17) is 5.26 Å². The highest BCUT2D eigenvalue weighted by molar-refractivity contribution is 5.86. The molecule has 16 heavy (non-hydrogen) atoms. The number of hydrogen-bond acceptors (Lipinski definition) is 2. The average Bonchev–Trinajstić information content (AvgIpc) is 2.21. The average molecular weight is 220 g/mol. The standard InChI is InChI=1S/C13H20N2O/c1-10-3-5-11(6-4-10)15-12(16)13(9-14)7-2-8-13/h10-11H,2-8H2,1H3,(H,15,16). The van der Waals surface area contributed by atoms with Gasteiger partial charge in [0.15, 0.2) is 0 Å². The number of nitriles is 1. The van der Waals surface area contributed by atoms with Crippen molar-refractivity contribution in [3.8, 4) is 6.07 Å². The van der Waals surface area contributed by atoms with Crippen molar-refractivity contribution in [2.45, 2.75) is 57.9 Å². The van der Waals surface area contributed by atoms with Gasteiger partial charge in [-0.2, -0.15) is 5.26 Å². The molecule has 0 unspecified atom stereocenters. The van der Waals surface area contributed by atoms with E-state index in [0.717, 1.165) is 38.0 Å². The smallest absolute Gasteiger partial charge is 0.240 e. The van der Waals surface area contributed by atoms with Gasteiger partial charge in [0.05, 0.1) is 6.07 Å². The van der Waals surface area contributed by atoms with Gasteiger partial charge < -0.3 is 5.32 Å². The summed E-state index contributed by atoms with van der Waals surface area (Å²) in [5.41, 5.74) is -0.678. The molecule has 1 N–H and O–H groups in total. The summed E-state index contributed by atoms with van der Waals surface area (Å²) < 4.78 is 0. The molecule has 0 aromatic heterocycles. The molecular formula is C13H20N2O. The third-order valence-electron chi connectivity index (χ3n) is 4.21. The molecule has 1 amide bonds. The zero-order chi connectivity index (χ0) is 11.6. The summed E-state index contributed by atoms with van der Waals surface area (Å²) in [6.45, 7) is 2.26. The first-order valence-electron chi connectivity index (χ1n) is 6.38. The fourth-order valence-electron chi connectivity index (χ4n) is 2.65. The Labute approximate surface area is 97.2 Å². The van der Waals surface area contributed by atoms with Crippen LogP contribution in [0.4, 0.5) is 0 Å². The van der Waals surface area contributed by atoms with Crippen LogP contribution < -0.4 is 5.32 Å². The largest absolute Gasteiger partial charge is 0.352 e. The van der Waals surface area contributed by atoms with Crippen LogP contribution in [-0.2, 0) is 4.79 Å². The van der Waals surface area contributed by atoms with E-state index >= 15 is 0 Å². The molecular weight excluding hydrogens is 200 g/mol. The zero-order valence-electron chi connectivity index (χ0n) is 9.96. The van der Waals surface area contributed by atoms with Gasteiger partial charge in [0.1, 0.15) is 5.41 Å². The van der Waals surface area contributed by atoms with Gasteiger partial charge in [-0.15, -0.1) is 0 Å². The number of nitrogens with zero attached hydrogens (tertiary/aromatic N) is 1. The first-order chi connectivity index (χ1) is 7.66. The molecule has 0 radical (unpaired) electrons. The molecule has 0 bridgehead atoms. The predicted molar refractivity (Wildman–Crippen MR) is 61.5 cm³/mol. The number of rotatable bonds is 2. The summed E-state index contributed by atoms with van der Waals surface area (Å²) >= 11 is 0. The quantitative estimate of drug-likeness (QED) is 0.776. The molecule has 0 spiro atoms. The first-order valence-corrected chi connectivity index (χ1v) is 6.38. The maximum Gasteiger partial charge on any atom is 0.240 e. The summed E-state index contributed by atoms with van der Waals surface area (Å²) in [5.74, 6) is 0.780. The Bertz CT molecular complexity index is 306. The van der Waals surface area contributed by atoms with E-state index in [1.165, 1.54) is 12.8 Å². The molecule has 0 heterocycles. The van der Waals surface area contributed by atoms with Crippen molar-refractivity contribution in [1.82, 2.24) is 5.32 Å². The van der Waals surface area contributed by atoms with Crippen LogP contribution >= 0.6 is 0 Å². The van der Waals surface area contributed by atoms with Gasteiger partial charge in [-0.3, -0.25) is 4.79 Å². The monoisotopic (exact) mass is 220 g/mol. The van der Waals surface area contributed by atoms with Gasteiger partial charge in [0.2, 0.25) is 5.91 Å². The van der Waals surface area contributed by atoms with Gasteiger partial charge in [-0.05, 0) is 50.9 Å². The number of amides is 1. The van der Waals surface area contributed by atoms with Crippen LogP contribution in [0.1, 0.15) is 51.9 Å². The molecule has 0 aromatic carbocycles. The SMILES string of the molecule is CC1CCC(NC(=O)C2(C#N)CCC2)CC1. The summed E-state index contributed by atoms with van der Waals surface area (Å²) in [4.78, 5) is 12.0. The number of carbonyl (C=O) groups excluding carboxylic acids is 1. The third-order valence-corrected chi connectivity index (χ3v) is 4.21. The van der Waals surface area contributed by atoms with Crippen LogP contribution in [0.15, 0.2) is 0 Å². The molecule has 2 fully saturated rings. The van der Waals surface area contributed by atoms with Crippen molar-refractivity contribution >= 4 is 5.91 Å². The minimum Gasteiger partial charge on any atom is -0.352 e. The van der Waals surface area contributed by atoms with E-state index in [1.54, 1.807) is 0 Å². The highest BCUT2D eigenvalue weighted by Crippen LogP contribution is 2.40. The number of carbonyl (C=O) groups is 1. The van der Waals surface area contributed by atoms with Crippen molar-refractivity contribution in [3.05, 3.63) is 0 Å². The van der Waals surface area contributed by atoms with Crippen molar-refractivity contribution in [2.24, 2.45) is 11.3 Å². The normalized spacial score (nSPS) is 32.2. The lowest BCUT2D eigenvalue weighted by atomic mass is 9.69. The molecule has 2 rings (SSSR count). The van der Waals surface area contributed by atoms with E-state index in [9.17, 15) is 4.79 Å². The predicted octanol–water partition coefficient (Wildman–Crippen LogP) is 2.38. The molecule has 3 nitrogen and oxygen atoms in total. The molecule has 2 aliphatic rings. The Hall–Kier alpha value is -1.04. The lowest BCUT2D eigenvalue weighted by Crippen LogP contribution is -2.49. The lowest BCUT2D eigenvalue weighted by molar-refractivity contribution is -0.132. The van der Waals surface area contributed by atoms with Crippen molar-refractivity contribution in [2.75, 3.05) is 0 Å². The molecule has 0 saturated heterocycles. The van der Waals surface area contributed by atoms with Crippen LogP contribution in [0, 0.1) is 22.7 Å². The molecule has 2 saturated carbocycles. The van der Waals surface area contributed by atoms with E-state index in [1.807, 2.05) is 0 Å².